The van der Waals surface area contributed by atoms with E-state index in [4.69, 9.17) is 5.73 Å². The third-order valence-corrected chi connectivity index (χ3v) is 2.57. The summed E-state index contributed by atoms with van der Waals surface area (Å²) in [5.41, 5.74) is 6.32. The van der Waals surface area contributed by atoms with Crippen LogP contribution in [0.3, 0.4) is 0 Å². The minimum Gasteiger partial charge on any atom is -0.372 e. The van der Waals surface area contributed by atoms with Crippen molar-refractivity contribution < 1.29 is 22.3 Å². The van der Waals surface area contributed by atoms with Crippen molar-refractivity contribution in [2.45, 2.75) is 31.5 Å². The standard InChI is InChI=1S/C13H17F4NO/c14-12-6-2-1-4-10(12)8-11(18)5-3-7-19-9-13(15,16)17/h1-2,4,6,11H,3,5,7-9,18H2. The number of alkyl halides is 3. The number of halogens is 4. The van der Waals surface area contributed by atoms with Crippen LogP contribution in [0, 0.1) is 5.82 Å². The van der Waals surface area contributed by atoms with Gasteiger partial charge in [-0.3, -0.25) is 0 Å². The van der Waals surface area contributed by atoms with Crippen LogP contribution in [-0.2, 0) is 11.2 Å². The third kappa shape index (κ3) is 7.12. The van der Waals surface area contributed by atoms with Crippen molar-refractivity contribution in [2.24, 2.45) is 5.73 Å². The lowest BCUT2D eigenvalue weighted by molar-refractivity contribution is -0.174. The van der Waals surface area contributed by atoms with Gasteiger partial charge in [0.1, 0.15) is 12.4 Å². The SMILES string of the molecule is NC(CCCOCC(F)(F)F)Cc1ccccc1F. The van der Waals surface area contributed by atoms with E-state index >= 15 is 0 Å². The Morgan fingerprint density at radius 3 is 2.53 bits per heavy atom. The molecule has 1 unspecified atom stereocenters. The van der Waals surface area contributed by atoms with Gasteiger partial charge < -0.3 is 10.5 Å². The quantitative estimate of drug-likeness (QED) is 0.615. The van der Waals surface area contributed by atoms with E-state index in [1.54, 1.807) is 18.2 Å². The molecule has 0 saturated heterocycles. The number of benzene rings is 1. The zero-order valence-corrected chi connectivity index (χ0v) is 10.4. The lowest BCUT2D eigenvalue weighted by atomic mass is 10.0. The lowest BCUT2D eigenvalue weighted by Gasteiger charge is -2.12. The lowest BCUT2D eigenvalue weighted by Crippen LogP contribution is -2.24. The highest BCUT2D eigenvalue weighted by Gasteiger charge is 2.27. The first-order chi connectivity index (χ1) is 8.88. The summed E-state index contributed by atoms with van der Waals surface area (Å²) in [6.07, 6.45) is -3.01. The molecule has 1 rings (SSSR count). The predicted molar refractivity (Wildman–Crippen MR) is 64.2 cm³/mol. The molecule has 1 aromatic rings. The topological polar surface area (TPSA) is 35.2 Å². The molecule has 2 nitrogen and oxygen atoms in total. The summed E-state index contributed by atoms with van der Waals surface area (Å²) < 4.78 is 53.1. The van der Waals surface area contributed by atoms with Gasteiger partial charge in [-0.1, -0.05) is 18.2 Å². The number of hydrogen-bond acceptors (Lipinski definition) is 2. The number of nitrogens with two attached hydrogens (primary N) is 1. The maximum Gasteiger partial charge on any atom is 0.411 e. The number of rotatable bonds is 7. The monoisotopic (exact) mass is 279 g/mol. The highest BCUT2D eigenvalue weighted by Crippen LogP contribution is 2.15. The van der Waals surface area contributed by atoms with Gasteiger partial charge in [-0.15, -0.1) is 0 Å². The second-order valence-corrected chi connectivity index (χ2v) is 4.37. The Bertz CT molecular complexity index is 381. The van der Waals surface area contributed by atoms with E-state index in [9.17, 15) is 17.6 Å². The maximum absolute atomic E-state index is 13.3. The molecule has 0 radical (unpaired) electrons. The van der Waals surface area contributed by atoms with Gasteiger partial charge in [-0.2, -0.15) is 13.2 Å². The van der Waals surface area contributed by atoms with Crippen molar-refractivity contribution in [3.63, 3.8) is 0 Å². The van der Waals surface area contributed by atoms with Crippen molar-refractivity contribution in [1.29, 1.82) is 0 Å². The average Bonchev–Trinajstić information content (AvgIpc) is 2.30. The van der Waals surface area contributed by atoms with Crippen LogP contribution in [0.1, 0.15) is 18.4 Å². The van der Waals surface area contributed by atoms with Gasteiger partial charge in [0.05, 0.1) is 0 Å². The first-order valence-corrected chi connectivity index (χ1v) is 6.02. The summed E-state index contributed by atoms with van der Waals surface area (Å²) >= 11 is 0. The molecule has 19 heavy (non-hydrogen) atoms. The Hall–Kier alpha value is -1.14. The molecule has 0 bridgehead atoms. The normalized spacial score (nSPS) is 13.5. The first kappa shape index (κ1) is 15.9. The van der Waals surface area contributed by atoms with Crippen LogP contribution in [0.4, 0.5) is 17.6 Å². The van der Waals surface area contributed by atoms with Gasteiger partial charge >= 0.3 is 6.18 Å². The van der Waals surface area contributed by atoms with Crippen LogP contribution in [0.5, 0.6) is 0 Å². The highest BCUT2D eigenvalue weighted by atomic mass is 19.4. The van der Waals surface area contributed by atoms with Gasteiger partial charge in [0.2, 0.25) is 0 Å². The van der Waals surface area contributed by atoms with Crippen molar-refractivity contribution >= 4 is 0 Å². The van der Waals surface area contributed by atoms with E-state index < -0.39 is 12.8 Å². The molecule has 0 amide bonds. The number of hydrogen-bond donors (Lipinski definition) is 1. The Labute approximate surface area is 109 Å². The fraction of sp³-hybridized carbons (Fsp3) is 0.538. The molecule has 2 N–H and O–H groups in total. The molecule has 6 heteroatoms. The molecule has 0 spiro atoms. The third-order valence-electron chi connectivity index (χ3n) is 2.57. The molecular weight excluding hydrogens is 262 g/mol. The zero-order chi connectivity index (χ0) is 14.3. The van der Waals surface area contributed by atoms with Gasteiger partial charge in [-0.05, 0) is 30.9 Å². The smallest absolute Gasteiger partial charge is 0.372 e. The second kappa shape index (κ2) is 7.45. The van der Waals surface area contributed by atoms with Crippen molar-refractivity contribution in [3.8, 4) is 0 Å². The van der Waals surface area contributed by atoms with E-state index in [1.807, 2.05) is 0 Å². The van der Waals surface area contributed by atoms with Crippen LogP contribution in [0.2, 0.25) is 0 Å². The molecule has 0 fully saturated rings. The molecule has 0 saturated carbocycles. The summed E-state index contributed by atoms with van der Waals surface area (Å²) in [4.78, 5) is 0. The molecule has 0 heterocycles. The Morgan fingerprint density at radius 1 is 1.21 bits per heavy atom. The summed E-state index contributed by atoms with van der Waals surface area (Å²) in [6.45, 7) is -1.24. The highest BCUT2D eigenvalue weighted by molar-refractivity contribution is 5.18. The minimum atomic E-state index is -4.30. The Balaban J connectivity index is 2.18. The van der Waals surface area contributed by atoms with Crippen molar-refractivity contribution in [2.75, 3.05) is 13.2 Å². The molecule has 0 aliphatic heterocycles. The van der Waals surface area contributed by atoms with Crippen LogP contribution in [0.15, 0.2) is 24.3 Å². The molecular formula is C13H17F4NO. The minimum absolute atomic E-state index is 0.00445. The summed E-state index contributed by atoms with van der Waals surface area (Å²) in [6, 6.07) is 6.03. The van der Waals surface area contributed by atoms with Crippen LogP contribution < -0.4 is 5.73 Å². The molecule has 1 aromatic carbocycles. The first-order valence-electron chi connectivity index (χ1n) is 6.02. The number of ether oxygens (including phenoxy) is 1. The molecule has 108 valence electrons. The maximum atomic E-state index is 13.3. The fourth-order valence-corrected chi connectivity index (χ4v) is 1.68. The van der Waals surface area contributed by atoms with Gasteiger partial charge in [-0.25, -0.2) is 4.39 Å². The van der Waals surface area contributed by atoms with Crippen LogP contribution in [0.25, 0.3) is 0 Å². The van der Waals surface area contributed by atoms with Crippen molar-refractivity contribution in [3.05, 3.63) is 35.6 Å². The van der Waals surface area contributed by atoms with Crippen LogP contribution >= 0.6 is 0 Å². The van der Waals surface area contributed by atoms with Gasteiger partial charge in [0.15, 0.2) is 0 Å². The van der Waals surface area contributed by atoms with E-state index in [-0.39, 0.29) is 18.5 Å². The summed E-state index contributed by atoms with van der Waals surface area (Å²) in [7, 11) is 0. The second-order valence-electron chi connectivity index (χ2n) is 4.37. The molecule has 0 aliphatic rings. The fourth-order valence-electron chi connectivity index (χ4n) is 1.68. The van der Waals surface area contributed by atoms with Crippen molar-refractivity contribution in [1.82, 2.24) is 0 Å². The Morgan fingerprint density at radius 2 is 1.89 bits per heavy atom. The zero-order valence-electron chi connectivity index (χ0n) is 10.4. The molecule has 1 atom stereocenters. The van der Waals surface area contributed by atoms with E-state index in [2.05, 4.69) is 4.74 Å². The van der Waals surface area contributed by atoms with Crippen LogP contribution in [-0.4, -0.2) is 25.4 Å². The Kier molecular flexibility index (Phi) is 6.24. The predicted octanol–water partition coefficient (Wildman–Crippen LogP) is 3.05. The molecule has 0 aromatic heterocycles. The largest absolute Gasteiger partial charge is 0.411 e. The van der Waals surface area contributed by atoms with Gasteiger partial charge in [0.25, 0.3) is 0 Å². The summed E-state index contributed by atoms with van der Waals surface area (Å²) in [5.74, 6) is -0.314. The van der Waals surface area contributed by atoms with E-state index in [1.165, 1.54) is 6.07 Å². The van der Waals surface area contributed by atoms with E-state index in [0.717, 1.165) is 0 Å². The van der Waals surface area contributed by atoms with Gasteiger partial charge in [0, 0.05) is 12.6 Å². The average molecular weight is 279 g/mol. The van der Waals surface area contributed by atoms with E-state index in [0.29, 0.717) is 24.8 Å². The summed E-state index contributed by atoms with van der Waals surface area (Å²) in [5, 5.41) is 0. The molecule has 0 aliphatic carbocycles.